The predicted molar refractivity (Wildman–Crippen MR) is 29.7 cm³/mol. The van der Waals surface area contributed by atoms with Crippen molar-refractivity contribution >= 4 is 7.28 Å². The Bertz CT molecular complexity index is 170. The third-order valence-electron chi connectivity index (χ3n) is 0.792. The SMILES string of the molecule is N#CC1=CC=C[B]1.[H-].[Na+]. The van der Waals surface area contributed by atoms with E-state index in [0.717, 1.165) is 5.47 Å². The van der Waals surface area contributed by atoms with E-state index < -0.39 is 0 Å². The molecular formula is C5H4BNNa. The molecule has 0 saturated heterocycles. The summed E-state index contributed by atoms with van der Waals surface area (Å²) in [5.41, 5.74) is 0.736. The number of hydrogen-bond donors (Lipinski definition) is 0. The molecule has 0 bridgehead atoms. The van der Waals surface area contributed by atoms with Gasteiger partial charge in [0.05, 0.1) is 6.07 Å². The van der Waals surface area contributed by atoms with Crippen LogP contribution < -0.4 is 29.6 Å². The molecule has 0 spiro atoms. The fourth-order valence-electron chi connectivity index (χ4n) is 0.449. The topological polar surface area (TPSA) is 23.8 Å². The van der Waals surface area contributed by atoms with E-state index in [1.807, 2.05) is 18.1 Å². The first-order valence-electron chi connectivity index (χ1n) is 2.05. The Morgan fingerprint density at radius 3 is 2.75 bits per heavy atom. The van der Waals surface area contributed by atoms with Gasteiger partial charge in [-0.3, -0.25) is 0 Å². The van der Waals surface area contributed by atoms with Gasteiger partial charge in [0.15, 0.2) is 7.28 Å². The largest absolute Gasteiger partial charge is 1.00 e. The van der Waals surface area contributed by atoms with Gasteiger partial charge in [-0.1, -0.05) is 12.2 Å². The summed E-state index contributed by atoms with van der Waals surface area (Å²) in [6.07, 6.45) is 3.62. The van der Waals surface area contributed by atoms with Crippen LogP contribution in [-0.4, -0.2) is 7.28 Å². The zero-order valence-corrected chi connectivity index (χ0v) is 6.76. The van der Waals surface area contributed by atoms with E-state index in [1.54, 1.807) is 13.4 Å². The van der Waals surface area contributed by atoms with Crippen molar-refractivity contribution in [2.45, 2.75) is 0 Å². The maximum Gasteiger partial charge on any atom is 1.00 e. The number of nitriles is 1. The molecule has 0 atom stereocenters. The average molecular weight is 112 g/mol. The van der Waals surface area contributed by atoms with E-state index >= 15 is 0 Å². The van der Waals surface area contributed by atoms with Crippen LogP contribution in [0, 0.1) is 11.3 Å². The van der Waals surface area contributed by atoms with Gasteiger partial charge in [-0.05, 0) is 5.47 Å². The molecule has 0 unspecified atom stereocenters. The van der Waals surface area contributed by atoms with Crippen LogP contribution in [0.1, 0.15) is 1.43 Å². The van der Waals surface area contributed by atoms with Gasteiger partial charge in [0.2, 0.25) is 0 Å². The first-order valence-corrected chi connectivity index (χ1v) is 2.05. The molecule has 1 rings (SSSR count). The fourth-order valence-corrected chi connectivity index (χ4v) is 0.449. The van der Waals surface area contributed by atoms with Crippen molar-refractivity contribution < 1.29 is 31.0 Å². The Balaban J connectivity index is 0. The summed E-state index contributed by atoms with van der Waals surface area (Å²) >= 11 is 0. The van der Waals surface area contributed by atoms with Crippen molar-refractivity contribution in [1.82, 2.24) is 0 Å². The monoisotopic (exact) mass is 112 g/mol. The van der Waals surface area contributed by atoms with Gasteiger partial charge in [-0.15, -0.1) is 5.98 Å². The average Bonchev–Trinajstić information content (AvgIpc) is 2.14. The van der Waals surface area contributed by atoms with Crippen LogP contribution in [0.3, 0.4) is 0 Å². The minimum Gasteiger partial charge on any atom is -1.00 e. The second-order valence-corrected chi connectivity index (χ2v) is 1.29. The van der Waals surface area contributed by atoms with Crippen molar-refractivity contribution in [2.75, 3.05) is 0 Å². The Kier molecular flexibility index (Phi) is 3.99. The van der Waals surface area contributed by atoms with E-state index in [1.165, 1.54) is 0 Å². The maximum atomic E-state index is 8.18. The van der Waals surface area contributed by atoms with Crippen LogP contribution in [0.15, 0.2) is 23.6 Å². The first kappa shape index (κ1) is 8.03. The molecule has 0 amide bonds. The van der Waals surface area contributed by atoms with Crippen LogP contribution >= 0.6 is 0 Å². The second-order valence-electron chi connectivity index (χ2n) is 1.29. The molecule has 0 saturated carbocycles. The second kappa shape index (κ2) is 3.97. The summed E-state index contributed by atoms with van der Waals surface area (Å²) in [4.78, 5) is 0. The minimum absolute atomic E-state index is 0. The van der Waals surface area contributed by atoms with Crippen LogP contribution in [0.25, 0.3) is 0 Å². The minimum atomic E-state index is 0. The molecule has 0 aromatic heterocycles. The normalized spacial score (nSPS) is 13.1. The van der Waals surface area contributed by atoms with Gasteiger partial charge in [0.1, 0.15) is 0 Å². The van der Waals surface area contributed by atoms with Gasteiger partial charge in [-0.2, -0.15) is 5.26 Å². The molecule has 0 aliphatic carbocycles. The summed E-state index contributed by atoms with van der Waals surface area (Å²) in [6.45, 7) is 0. The van der Waals surface area contributed by atoms with Gasteiger partial charge < -0.3 is 1.43 Å². The van der Waals surface area contributed by atoms with Crippen molar-refractivity contribution in [3.8, 4) is 6.07 Å². The van der Waals surface area contributed by atoms with Gasteiger partial charge in [0.25, 0.3) is 0 Å². The summed E-state index contributed by atoms with van der Waals surface area (Å²) in [5.74, 6) is 1.85. The number of hydrogen-bond acceptors (Lipinski definition) is 1. The number of allylic oxidation sites excluding steroid dienone is 3. The van der Waals surface area contributed by atoms with Crippen molar-refractivity contribution in [2.24, 2.45) is 0 Å². The Labute approximate surface area is 73.1 Å². The zero-order valence-electron chi connectivity index (χ0n) is 5.76. The maximum absolute atomic E-state index is 8.18. The molecular weight excluding hydrogens is 108 g/mol. The number of nitrogens with zero attached hydrogens (tertiary/aromatic N) is 1. The van der Waals surface area contributed by atoms with E-state index in [9.17, 15) is 0 Å². The van der Waals surface area contributed by atoms with Crippen molar-refractivity contribution in [3.63, 3.8) is 0 Å². The summed E-state index contributed by atoms with van der Waals surface area (Å²) < 4.78 is 0. The van der Waals surface area contributed by atoms with E-state index in [0.29, 0.717) is 0 Å². The van der Waals surface area contributed by atoms with Crippen LogP contribution in [0.2, 0.25) is 0 Å². The molecule has 0 fully saturated rings. The predicted octanol–water partition coefficient (Wildman–Crippen LogP) is -2.26. The van der Waals surface area contributed by atoms with Crippen molar-refractivity contribution in [1.29, 1.82) is 5.26 Å². The summed E-state index contributed by atoms with van der Waals surface area (Å²) in [7, 11) is 1.78. The Hall–Kier alpha value is 0.0349. The molecule has 33 valence electrons. The Morgan fingerprint density at radius 2 is 2.50 bits per heavy atom. The third-order valence-corrected chi connectivity index (χ3v) is 0.792. The summed E-state index contributed by atoms with van der Waals surface area (Å²) in [5, 5.41) is 8.18. The zero-order chi connectivity index (χ0) is 5.11. The quantitative estimate of drug-likeness (QED) is 0.324. The molecule has 0 aromatic rings. The van der Waals surface area contributed by atoms with Crippen LogP contribution in [-0.2, 0) is 0 Å². The van der Waals surface area contributed by atoms with E-state index in [4.69, 9.17) is 5.26 Å². The van der Waals surface area contributed by atoms with Crippen molar-refractivity contribution in [3.05, 3.63) is 23.6 Å². The van der Waals surface area contributed by atoms with Crippen LogP contribution in [0.4, 0.5) is 0 Å². The molecule has 1 nitrogen and oxygen atoms in total. The summed E-state index contributed by atoms with van der Waals surface area (Å²) in [6, 6.07) is 2.01. The molecule has 3 heteroatoms. The molecule has 1 aliphatic heterocycles. The molecule has 1 aliphatic rings. The Morgan fingerprint density at radius 1 is 1.75 bits per heavy atom. The van der Waals surface area contributed by atoms with Gasteiger partial charge >= 0.3 is 29.6 Å². The smallest absolute Gasteiger partial charge is 1.00 e. The third kappa shape index (κ3) is 1.87. The standard InChI is InChI=1S/C5H3BN.Na.H/c7-4-5-2-1-3-6-5;;/h1-3H;;/q;+1;-1. The molecule has 0 N–H and O–H groups in total. The van der Waals surface area contributed by atoms with Crippen LogP contribution in [0.5, 0.6) is 0 Å². The molecule has 0 aromatic carbocycles. The fraction of sp³-hybridized carbons (Fsp3) is 0. The molecule has 8 heavy (non-hydrogen) atoms. The number of rotatable bonds is 0. The first-order chi connectivity index (χ1) is 3.43. The molecule has 1 heterocycles. The van der Waals surface area contributed by atoms with Gasteiger partial charge in [0, 0.05) is 0 Å². The molecule has 1 radical (unpaired) electrons. The van der Waals surface area contributed by atoms with Gasteiger partial charge in [-0.25, -0.2) is 0 Å². The van der Waals surface area contributed by atoms with E-state index in [2.05, 4.69) is 0 Å². The van der Waals surface area contributed by atoms with E-state index in [-0.39, 0.29) is 31.0 Å².